The summed E-state index contributed by atoms with van der Waals surface area (Å²) in [6.07, 6.45) is 1.54. The molecule has 0 saturated heterocycles. The lowest BCUT2D eigenvalue weighted by atomic mass is 10.2. The molecule has 26 heavy (non-hydrogen) atoms. The van der Waals surface area contributed by atoms with Crippen molar-refractivity contribution in [2.24, 2.45) is 0 Å². The topological polar surface area (TPSA) is 65.4 Å². The molecule has 0 spiro atoms. The van der Waals surface area contributed by atoms with Crippen LogP contribution in [0.25, 0.3) is 0 Å². The lowest BCUT2D eigenvalue weighted by molar-refractivity contribution is -0.112. The third-order valence-corrected chi connectivity index (χ3v) is 3.97. The summed E-state index contributed by atoms with van der Waals surface area (Å²) < 4.78 is 5.21. The molecule has 134 valence electrons. The summed E-state index contributed by atoms with van der Waals surface area (Å²) >= 11 is 5.98. The third-order valence-electron chi connectivity index (χ3n) is 3.73. The monoisotopic (exact) mass is 369 g/mol. The van der Waals surface area contributed by atoms with Gasteiger partial charge in [0.2, 0.25) is 0 Å². The van der Waals surface area contributed by atoms with Crippen LogP contribution in [0.2, 0.25) is 5.02 Å². The Morgan fingerprint density at radius 2 is 2.12 bits per heavy atom. The SMILES string of the molecule is CCN(/C=C(/C#N)C(=O)Nc1cc(Cl)ccc1OC)c1cccc(C)c1. The van der Waals surface area contributed by atoms with Gasteiger partial charge in [-0.25, -0.2) is 0 Å². The van der Waals surface area contributed by atoms with Crippen LogP contribution in [0.1, 0.15) is 12.5 Å². The van der Waals surface area contributed by atoms with Crippen LogP contribution < -0.4 is 15.0 Å². The molecule has 0 aliphatic carbocycles. The van der Waals surface area contributed by atoms with Gasteiger partial charge < -0.3 is 15.0 Å². The van der Waals surface area contributed by atoms with Gasteiger partial charge in [-0.05, 0) is 49.7 Å². The number of amides is 1. The first kappa shape index (κ1) is 19.4. The summed E-state index contributed by atoms with van der Waals surface area (Å²) in [7, 11) is 1.50. The standard InChI is InChI=1S/C20H20ClN3O2/c1-4-24(17-7-5-6-14(2)10-17)13-15(12-22)20(25)23-18-11-16(21)8-9-19(18)26-3/h5-11,13H,4H2,1-3H3,(H,23,25)/b15-13-. The molecule has 0 aliphatic heterocycles. The van der Waals surface area contributed by atoms with E-state index in [1.165, 1.54) is 7.11 Å². The van der Waals surface area contributed by atoms with E-state index >= 15 is 0 Å². The van der Waals surface area contributed by atoms with E-state index in [1.54, 1.807) is 24.4 Å². The number of nitriles is 1. The fourth-order valence-corrected chi connectivity index (χ4v) is 2.59. The van der Waals surface area contributed by atoms with E-state index < -0.39 is 5.91 Å². The molecule has 0 fully saturated rings. The number of halogens is 1. The average Bonchev–Trinajstić information content (AvgIpc) is 2.63. The number of rotatable bonds is 6. The summed E-state index contributed by atoms with van der Waals surface area (Å²) in [4.78, 5) is 14.4. The van der Waals surface area contributed by atoms with Crippen molar-refractivity contribution in [2.75, 3.05) is 23.9 Å². The van der Waals surface area contributed by atoms with E-state index in [0.29, 0.717) is 23.0 Å². The zero-order chi connectivity index (χ0) is 19.1. The van der Waals surface area contributed by atoms with Crippen molar-refractivity contribution in [1.29, 1.82) is 5.26 Å². The maximum atomic E-state index is 12.5. The van der Waals surface area contributed by atoms with Crippen molar-refractivity contribution >= 4 is 28.9 Å². The number of carbonyl (C=O) groups excluding carboxylic acids is 1. The Morgan fingerprint density at radius 3 is 2.73 bits per heavy atom. The molecule has 0 aromatic heterocycles. The van der Waals surface area contributed by atoms with Crippen LogP contribution in [-0.4, -0.2) is 19.6 Å². The fourth-order valence-electron chi connectivity index (χ4n) is 2.42. The molecule has 0 unspecified atom stereocenters. The molecule has 2 aromatic carbocycles. The Labute approximate surface area is 158 Å². The maximum absolute atomic E-state index is 12.5. The second-order valence-electron chi connectivity index (χ2n) is 5.58. The van der Waals surface area contributed by atoms with Crippen molar-refractivity contribution in [3.63, 3.8) is 0 Å². The van der Waals surface area contributed by atoms with Crippen LogP contribution in [0.3, 0.4) is 0 Å². The smallest absolute Gasteiger partial charge is 0.267 e. The van der Waals surface area contributed by atoms with Crippen LogP contribution in [-0.2, 0) is 4.79 Å². The number of methoxy groups -OCH3 is 1. The quantitative estimate of drug-likeness (QED) is 0.600. The van der Waals surface area contributed by atoms with E-state index in [2.05, 4.69) is 5.32 Å². The van der Waals surface area contributed by atoms with Gasteiger partial charge in [-0.2, -0.15) is 5.26 Å². The molecule has 5 nitrogen and oxygen atoms in total. The number of nitrogens with zero attached hydrogens (tertiary/aromatic N) is 2. The Balaban J connectivity index is 2.29. The first-order valence-electron chi connectivity index (χ1n) is 8.08. The highest BCUT2D eigenvalue weighted by Crippen LogP contribution is 2.28. The zero-order valence-electron chi connectivity index (χ0n) is 14.9. The molecule has 0 atom stereocenters. The molecule has 0 heterocycles. The molecule has 2 aromatic rings. The number of aryl methyl sites for hydroxylation is 1. The van der Waals surface area contributed by atoms with Crippen molar-refractivity contribution in [3.8, 4) is 11.8 Å². The lowest BCUT2D eigenvalue weighted by Crippen LogP contribution is -2.21. The van der Waals surface area contributed by atoms with Gasteiger partial charge in [0.1, 0.15) is 17.4 Å². The number of ether oxygens (including phenoxy) is 1. The molecule has 0 bridgehead atoms. The molecule has 0 radical (unpaired) electrons. The largest absolute Gasteiger partial charge is 0.495 e. The molecule has 1 N–H and O–H groups in total. The molecule has 0 saturated carbocycles. The second kappa shape index (κ2) is 8.93. The van der Waals surface area contributed by atoms with E-state index in [9.17, 15) is 10.1 Å². The van der Waals surface area contributed by atoms with Gasteiger partial charge in [0.05, 0.1) is 12.8 Å². The second-order valence-corrected chi connectivity index (χ2v) is 6.01. The highest BCUT2D eigenvalue weighted by atomic mass is 35.5. The van der Waals surface area contributed by atoms with Gasteiger partial charge in [0.25, 0.3) is 5.91 Å². The van der Waals surface area contributed by atoms with Gasteiger partial charge in [0, 0.05) is 23.5 Å². The summed E-state index contributed by atoms with van der Waals surface area (Å²) in [5, 5.41) is 12.6. The first-order valence-corrected chi connectivity index (χ1v) is 8.46. The van der Waals surface area contributed by atoms with E-state index in [1.807, 2.05) is 49.1 Å². The lowest BCUT2D eigenvalue weighted by Gasteiger charge is -2.19. The third kappa shape index (κ3) is 4.78. The van der Waals surface area contributed by atoms with Crippen molar-refractivity contribution < 1.29 is 9.53 Å². The number of hydrogen-bond acceptors (Lipinski definition) is 4. The Morgan fingerprint density at radius 1 is 1.35 bits per heavy atom. The minimum Gasteiger partial charge on any atom is -0.495 e. The zero-order valence-corrected chi connectivity index (χ0v) is 15.7. The molecular weight excluding hydrogens is 350 g/mol. The van der Waals surface area contributed by atoms with Crippen LogP contribution in [0.4, 0.5) is 11.4 Å². The number of hydrogen-bond donors (Lipinski definition) is 1. The number of nitrogens with one attached hydrogen (secondary N) is 1. The van der Waals surface area contributed by atoms with Gasteiger partial charge in [0.15, 0.2) is 0 Å². The predicted octanol–water partition coefficient (Wildman–Crippen LogP) is 4.53. The Bertz CT molecular complexity index is 872. The molecule has 2 rings (SSSR count). The van der Waals surface area contributed by atoms with E-state index in [0.717, 1.165) is 11.3 Å². The van der Waals surface area contributed by atoms with Crippen LogP contribution >= 0.6 is 11.6 Å². The Hall–Kier alpha value is -2.97. The van der Waals surface area contributed by atoms with Crippen molar-refractivity contribution in [2.45, 2.75) is 13.8 Å². The normalized spacial score (nSPS) is 10.8. The first-order chi connectivity index (χ1) is 12.5. The molecular formula is C20H20ClN3O2. The van der Waals surface area contributed by atoms with Gasteiger partial charge in [-0.3, -0.25) is 4.79 Å². The van der Waals surface area contributed by atoms with Crippen LogP contribution in [0.15, 0.2) is 54.2 Å². The number of benzene rings is 2. The van der Waals surface area contributed by atoms with Gasteiger partial charge >= 0.3 is 0 Å². The highest BCUT2D eigenvalue weighted by molar-refractivity contribution is 6.31. The number of anilines is 2. The minimum absolute atomic E-state index is 0.0182. The summed E-state index contributed by atoms with van der Waals surface area (Å²) in [5.41, 5.74) is 2.40. The van der Waals surface area contributed by atoms with Crippen LogP contribution in [0.5, 0.6) is 5.75 Å². The molecule has 0 aliphatic rings. The predicted molar refractivity (Wildman–Crippen MR) is 105 cm³/mol. The van der Waals surface area contributed by atoms with Crippen molar-refractivity contribution in [1.82, 2.24) is 0 Å². The molecule has 1 amide bonds. The fraction of sp³-hybridized carbons (Fsp3) is 0.200. The minimum atomic E-state index is -0.529. The van der Waals surface area contributed by atoms with Crippen LogP contribution in [0, 0.1) is 18.3 Å². The summed E-state index contributed by atoms with van der Waals surface area (Å²) in [5.74, 6) is -0.0646. The molecule has 6 heteroatoms. The van der Waals surface area contributed by atoms with E-state index in [4.69, 9.17) is 16.3 Å². The van der Waals surface area contributed by atoms with Gasteiger partial charge in [-0.15, -0.1) is 0 Å². The summed E-state index contributed by atoms with van der Waals surface area (Å²) in [6, 6.07) is 14.7. The number of carbonyl (C=O) groups is 1. The van der Waals surface area contributed by atoms with Crippen molar-refractivity contribution in [3.05, 3.63) is 64.8 Å². The van der Waals surface area contributed by atoms with Gasteiger partial charge in [-0.1, -0.05) is 23.7 Å². The summed E-state index contributed by atoms with van der Waals surface area (Å²) in [6.45, 7) is 4.55. The van der Waals surface area contributed by atoms with E-state index in [-0.39, 0.29) is 5.57 Å². The maximum Gasteiger partial charge on any atom is 0.267 e. The Kier molecular flexibility index (Phi) is 6.65. The average molecular weight is 370 g/mol. The highest BCUT2D eigenvalue weighted by Gasteiger charge is 2.14.